The van der Waals surface area contributed by atoms with Gasteiger partial charge in [0.2, 0.25) is 5.91 Å². The molecule has 0 aliphatic heterocycles. The topological polar surface area (TPSA) is 60.8 Å². The quantitative estimate of drug-likeness (QED) is 0.461. The van der Waals surface area contributed by atoms with E-state index in [0.717, 1.165) is 38.5 Å². The first kappa shape index (κ1) is 21.6. The highest BCUT2D eigenvalue weighted by molar-refractivity contribution is 5.75. The number of rotatable bonds is 9. The number of unbranched alkanes of at least 4 members (excludes halogenated alkanes) is 1. The summed E-state index contributed by atoms with van der Waals surface area (Å²) in [6.07, 6.45) is 17.5. The molecule has 2 fully saturated rings. The lowest BCUT2D eigenvalue weighted by molar-refractivity contribution is -0.128. The maximum Gasteiger partial charge on any atom is 0.222 e. The average molecular weight is 390 g/mol. The Balaban J connectivity index is 1.43. The van der Waals surface area contributed by atoms with Crippen LogP contribution >= 0.6 is 0 Å². The molecule has 5 atom stereocenters. The zero-order chi connectivity index (χ0) is 20.1. The molecule has 0 aromatic carbocycles. The van der Waals surface area contributed by atoms with Crippen LogP contribution in [0.25, 0.3) is 0 Å². The summed E-state index contributed by atoms with van der Waals surface area (Å²) in [6, 6.07) is 0. The molecule has 158 valence electrons. The SMILES string of the molecule is CN(C)C(=O)CCCCC1=C[C@H]2C[C@@H](O)[C@H](/C=C/[C@@H](O)CC3CCCC3)[C@H]2C1. The van der Waals surface area contributed by atoms with Crippen molar-refractivity contribution in [3.63, 3.8) is 0 Å². The monoisotopic (exact) mass is 389 g/mol. The highest BCUT2D eigenvalue weighted by Crippen LogP contribution is 2.48. The maximum absolute atomic E-state index is 11.7. The molecule has 2 N–H and O–H groups in total. The van der Waals surface area contributed by atoms with Gasteiger partial charge < -0.3 is 15.1 Å². The molecule has 0 unspecified atom stereocenters. The fourth-order valence-electron chi connectivity index (χ4n) is 5.57. The van der Waals surface area contributed by atoms with Crippen LogP contribution in [-0.2, 0) is 4.79 Å². The van der Waals surface area contributed by atoms with Gasteiger partial charge in [-0.2, -0.15) is 0 Å². The molecule has 0 bridgehead atoms. The number of hydrogen-bond donors (Lipinski definition) is 2. The van der Waals surface area contributed by atoms with Gasteiger partial charge in [0.1, 0.15) is 0 Å². The summed E-state index contributed by atoms with van der Waals surface area (Å²) in [5.41, 5.74) is 1.50. The standard InChI is InChI=1S/C24H39NO3/c1-25(2)24(28)10-6-5-9-18-13-19-16-23(27)21(22(19)15-18)12-11-20(26)14-17-7-3-4-8-17/h11-13,17,19-23,26-27H,3-10,14-16H2,1-2H3/b12-11+/t19-,20+,21+,22-,23+/m0/s1. The van der Waals surface area contributed by atoms with Crippen molar-refractivity contribution in [1.29, 1.82) is 0 Å². The first-order valence-electron chi connectivity index (χ1n) is 11.4. The van der Waals surface area contributed by atoms with E-state index in [2.05, 4.69) is 12.2 Å². The number of carbonyl (C=O) groups is 1. The van der Waals surface area contributed by atoms with Crippen LogP contribution in [0.1, 0.15) is 70.6 Å². The second kappa shape index (κ2) is 10.1. The zero-order valence-electron chi connectivity index (χ0n) is 17.7. The molecular formula is C24H39NO3. The van der Waals surface area contributed by atoms with Gasteiger partial charge >= 0.3 is 0 Å². The van der Waals surface area contributed by atoms with Gasteiger partial charge in [0.15, 0.2) is 0 Å². The van der Waals surface area contributed by atoms with Gasteiger partial charge in [-0.1, -0.05) is 49.5 Å². The Hall–Kier alpha value is -1.13. The van der Waals surface area contributed by atoms with Gasteiger partial charge in [0.25, 0.3) is 0 Å². The van der Waals surface area contributed by atoms with Gasteiger partial charge in [0, 0.05) is 26.4 Å². The van der Waals surface area contributed by atoms with Crippen LogP contribution in [0.15, 0.2) is 23.8 Å². The fraction of sp³-hybridized carbons (Fsp3) is 0.792. The molecule has 2 saturated carbocycles. The number of allylic oxidation sites excluding steroid dienone is 2. The fourth-order valence-corrected chi connectivity index (χ4v) is 5.57. The van der Waals surface area contributed by atoms with Crippen LogP contribution in [-0.4, -0.2) is 47.3 Å². The number of fused-ring (bicyclic) bond motifs is 1. The molecule has 0 radical (unpaired) electrons. The molecule has 1 amide bonds. The number of carbonyl (C=O) groups excluding carboxylic acids is 1. The minimum atomic E-state index is -0.364. The normalized spacial score (nSPS) is 31.4. The number of hydrogen-bond acceptors (Lipinski definition) is 3. The third kappa shape index (κ3) is 5.70. The molecule has 4 nitrogen and oxygen atoms in total. The Bertz CT molecular complexity index is 576. The van der Waals surface area contributed by atoms with Crippen molar-refractivity contribution in [2.45, 2.75) is 82.8 Å². The molecule has 0 heterocycles. The highest BCUT2D eigenvalue weighted by atomic mass is 16.3. The first-order chi connectivity index (χ1) is 13.4. The second-order valence-electron chi connectivity index (χ2n) is 9.57. The van der Waals surface area contributed by atoms with Crippen molar-refractivity contribution in [2.24, 2.45) is 23.7 Å². The predicted octanol–water partition coefficient (Wildman–Crippen LogP) is 4.08. The van der Waals surface area contributed by atoms with E-state index < -0.39 is 0 Å². The maximum atomic E-state index is 11.7. The summed E-state index contributed by atoms with van der Waals surface area (Å²) in [7, 11) is 3.62. The number of nitrogens with zero attached hydrogens (tertiary/aromatic N) is 1. The van der Waals surface area contributed by atoms with Crippen molar-refractivity contribution in [3.8, 4) is 0 Å². The highest BCUT2D eigenvalue weighted by Gasteiger charge is 2.43. The summed E-state index contributed by atoms with van der Waals surface area (Å²) in [5, 5.41) is 20.9. The molecule has 4 heteroatoms. The molecule has 0 aromatic heterocycles. The first-order valence-corrected chi connectivity index (χ1v) is 11.4. The summed E-state index contributed by atoms with van der Waals surface area (Å²) >= 11 is 0. The van der Waals surface area contributed by atoms with Crippen molar-refractivity contribution in [3.05, 3.63) is 23.8 Å². The lowest BCUT2D eigenvalue weighted by Gasteiger charge is -2.19. The second-order valence-corrected chi connectivity index (χ2v) is 9.57. The number of amides is 1. The lowest BCUT2D eigenvalue weighted by Crippen LogP contribution is -2.21. The van der Waals surface area contributed by atoms with Gasteiger partial charge in [-0.15, -0.1) is 0 Å². The third-order valence-electron chi connectivity index (χ3n) is 7.19. The summed E-state index contributed by atoms with van der Waals surface area (Å²) < 4.78 is 0. The van der Waals surface area contributed by atoms with Gasteiger partial charge in [-0.05, 0) is 56.3 Å². The van der Waals surface area contributed by atoms with Crippen LogP contribution in [0.2, 0.25) is 0 Å². The molecule has 3 aliphatic rings. The van der Waals surface area contributed by atoms with Crippen LogP contribution in [0.3, 0.4) is 0 Å². The lowest BCUT2D eigenvalue weighted by atomic mass is 9.88. The van der Waals surface area contributed by atoms with E-state index in [1.165, 1.54) is 31.3 Å². The molecule has 0 spiro atoms. The van der Waals surface area contributed by atoms with Crippen LogP contribution < -0.4 is 0 Å². The van der Waals surface area contributed by atoms with E-state index in [-0.39, 0.29) is 24.0 Å². The Kier molecular flexibility index (Phi) is 7.76. The number of aliphatic hydroxyl groups is 2. The summed E-state index contributed by atoms with van der Waals surface area (Å²) in [5.74, 6) is 2.03. The van der Waals surface area contributed by atoms with E-state index in [1.807, 2.05) is 20.2 Å². The van der Waals surface area contributed by atoms with E-state index in [1.54, 1.807) is 4.90 Å². The molecule has 28 heavy (non-hydrogen) atoms. The van der Waals surface area contributed by atoms with E-state index in [4.69, 9.17) is 0 Å². The molecule has 3 rings (SSSR count). The minimum Gasteiger partial charge on any atom is -0.392 e. The van der Waals surface area contributed by atoms with E-state index >= 15 is 0 Å². The Labute approximate surface area is 170 Å². The number of aliphatic hydroxyl groups excluding tert-OH is 2. The van der Waals surface area contributed by atoms with Gasteiger partial charge in [-0.25, -0.2) is 0 Å². The van der Waals surface area contributed by atoms with Crippen molar-refractivity contribution >= 4 is 5.91 Å². The average Bonchev–Trinajstić information content (AvgIpc) is 3.34. The van der Waals surface area contributed by atoms with Crippen molar-refractivity contribution < 1.29 is 15.0 Å². The Morgan fingerprint density at radius 3 is 2.75 bits per heavy atom. The van der Waals surface area contributed by atoms with E-state index in [0.29, 0.717) is 24.2 Å². The Morgan fingerprint density at radius 2 is 2.04 bits per heavy atom. The summed E-state index contributed by atoms with van der Waals surface area (Å²) in [4.78, 5) is 13.3. The Morgan fingerprint density at radius 1 is 1.29 bits per heavy atom. The van der Waals surface area contributed by atoms with Crippen LogP contribution in [0.5, 0.6) is 0 Å². The van der Waals surface area contributed by atoms with Gasteiger partial charge in [0.05, 0.1) is 12.2 Å². The molecule has 0 aromatic rings. The summed E-state index contributed by atoms with van der Waals surface area (Å²) in [6.45, 7) is 0. The largest absolute Gasteiger partial charge is 0.392 e. The third-order valence-corrected chi connectivity index (χ3v) is 7.19. The van der Waals surface area contributed by atoms with Crippen molar-refractivity contribution in [1.82, 2.24) is 4.90 Å². The van der Waals surface area contributed by atoms with Crippen LogP contribution in [0, 0.1) is 23.7 Å². The van der Waals surface area contributed by atoms with E-state index in [9.17, 15) is 15.0 Å². The minimum absolute atomic E-state index is 0.173. The molecular weight excluding hydrogens is 350 g/mol. The molecule has 3 aliphatic carbocycles. The zero-order valence-corrected chi connectivity index (χ0v) is 17.7. The smallest absolute Gasteiger partial charge is 0.222 e. The van der Waals surface area contributed by atoms with Crippen molar-refractivity contribution in [2.75, 3.05) is 14.1 Å². The predicted molar refractivity (Wildman–Crippen MR) is 113 cm³/mol. The molecule has 0 saturated heterocycles. The van der Waals surface area contributed by atoms with Gasteiger partial charge in [-0.3, -0.25) is 4.79 Å². The van der Waals surface area contributed by atoms with Crippen LogP contribution in [0.4, 0.5) is 0 Å².